The summed E-state index contributed by atoms with van der Waals surface area (Å²) in [6.07, 6.45) is 5.18. The number of amides is 2. The Hall–Kier alpha value is -4.20. The zero-order chi connectivity index (χ0) is 25.2. The van der Waals surface area contributed by atoms with E-state index in [2.05, 4.69) is 12.0 Å². The second-order valence-corrected chi connectivity index (χ2v) is 10.2. The lowest BCUT2D eigenvalue weighted by molar-refractivity contribution is -0.125. The van der Waals surface area contributed by atoms with Crippen LogP contribution in [-0.2, 0) is 22.2 Å². The summed E-state index contributed by atoms with van der Waals surface area (Å²) >= 11 is 0. The molecule has 1 aliphatic carbocycles. The Morgan fingerprint density at radius 3 is 2.42 bits per heavy atom. The quantitative estimate of drug-likeness (QED) is 0.473. The van der Waals surface area contributed by atoms with Crippen molar-refractivity contribution in [2.75, 3.05) is 4.90 Å². The van der Waals surface area contributed by atoms with Gasteiger partial charge in [0.05, 0.1) is 28.4 Å². The third-order valence-electron chi connectivity index (χ3n) is 8.20. The smallest absolute Gasteiger partial charge is 0.250 e. The minimum atomic E-state index is -0.731. The number of nitrogens with two attached hydrogens (primary N) is 1. The molecule has 8 nitrogen and oxygen atoms in total. The molecule has 2 aliphatic rings. The van der Waals surface area contributed by atoms with Crippen molar-refractivity contribution in [2.45, 2.75) is 31.7 Å². The molecule has 1 saturated heterocycles. The van der Waals surface area contributed by atoms with Crippen LogP contribution in [0.5, 0.6) is 0 Å². The lowest BCUT2D eigenvalue weighted by atomic mass is 9.71. The largest absolute Gasteiger partial charge is 0.369 e. The molecule has 8 heteroatoms. The maximum Gasteiger partial charge on any atom is 0.250 e. The van der Waals surface area contributed by atoms with Crippen LogP contribution in [0.15, 0.2) is 77.9 Å². The molecular formula is C28H27N5O3. The number of primary amides is 1. The van der Waals surface area contributed by atoms with Gasteiger partial charge in [-0.1, -0.05) is 30.3 Å². The Bertz CT molecular complexity index is 1580. The van der Waals surface area contributed by atoms with E-state index in [0.29, 0.717) is 12.8 Å². The third-order valence-corrected chi connectivity index (χ3v) is 8.20. The zero-order valence-electron chi connectivity index (χ0n) is 20.2. The molecule has 6 rings (SSSR count). The number of aromatic nitrogens is 3. The van der Waals surface area contributed by atoms with Gasteiger partial charge < -0.3 is 15.2 Å². The monoisotopic (exact) mass is 481 g/mol. The van der Waals surface area contributed by atoms with Gasteiger partial charge in [-0.15, -0.1) is 0 Å². The topological polar surface area (TPSA) is 103 Å². The summed E-state index contributed by atoms with van der Waals surface area (Å²) < 4.78 is 3.29. The van der Waals surface area contributed by atoms with Crippen LogP contribution < -0.4 is 16.2 Å². The van der Waals surface area contributed by atoms with Gasteiger partial charge in [0, 0.05) is 42.7 Å². The normalized spacial score (nSPS) is 22.8. The van der Waals surface area contributed by atoms with Crippen molar-refractivity contribution < 1.29 is 9.59 Å². The number of hydrogen-bond acceptors (Lipinski definition) is 4. The first-order valence-electron chi connectivity index (χ1n) is 12.1. The van der Waals surface area contributed by atoms with Gasteiger partial charge in [0.15, 0.2) is 0 Å². The van der Waals surface area contributed by atoms with Crippen molar-refractivity contribution in [1.82, 2.24) is 14.3 Å². The number of nitrogens with zero attached hydrogens (tertiary/aromatic N) is 4. The molecule has 1 aliphatic heterocycles. The van der Waals surface area contributed by atoms with Gasteiger partial charge in [0.1, 0.15) is 0 Å². The van der Waals surface area contributed by atoms with E-state index in [1.807, 2.05) is 53.4 Å². The number of rotatable bonds is 5. The number of carbonyl (C=O) groups is 2. The molecule has 0 spiro atoms. The maximum atomic E-state index is 13.6. The van der Waals surface area contributed by atoms with Crippen LogP contribution in [0, 0.1) is 11.3 Å². The molecule has 2 aromatic heterocycles. The van der Waals surface area contributed by atoms with Crippen molar-refractivity contribution in [3.63, 3.8) is 0 Å². The molecule has 2 N–H and O–H groups in total. The van der Waals surface area contributed by atoms with E-state index in [1.54, 1.807) is 30.2 Å². The van der Waals surface area contributed by atoms with Crippen LogP contribution in [0.4, 0.5) is 5.69 Å². The molecule has 0 radical (unpaired) electrons. The average Bonchev–Trinajstić information content (AvgIpc) is 3.50. The van der Waals surface area contributed by atoms with E-state index in [9.17, 15) is 14.4 Å². The molecule has 182 valence electrons. The number of benzene rings is 2. The standard InChI is InChI=1S/C28H27N5O3/c1-27(19-6-4-3-5-7-19)23(28(12-13-28)26(29)36)15-25(35)32(27)20-8-10-22-18(14-20)16-30-33(22)21-9-11-24(34)31(2)17-21/h3-11,14,16-17,23H,12-13,15H2,1-2H3,(H2,29,36). The minimum Gasteiger partial charge on any atom is -0.369 e. The first-order chi connectivity index (χ1) is 17.3. The number of fused-ring (bicyclic) bond motifs is 1. The van der Waals surface area contributed by atoms with Gasteiger partial charge in [-0.25, -0.2) is 4.68 Å². The van der Waals surface area contributed by atoms with Gasteiger partial charge in [0.25, 0.3) is 0 Å². The summed E-state index contributed by atoms with van der Waals surface area (Å²) in [6, 6.07) is 19.0. The fourth-order valence-electron chi connectivity index (χ4n) is 6.10. The minimum absolute atomic E-state index is 0.0244. The van der Waals surface area contributed by atoms with Gasteiger partial charge in [-0.2, -0.15) is 5.10 Å². The van der Waals surface area contributed by atoms with Crippen LogP contribution in [0.1, 0.15) is 31.7 Å². The van der Waals surface area contributed by atoms with Crippen molar-refractivity contribution >= 4 is 28.4 Å². The summed E-state index contributed by atoms with van der Waals surface area (Å²) in [6.45, 7) is 2.05. The molecular weight excluding hydrogens is 454 g/mol. The molecule has 2 fully saturated rings. The lowest BCUT2D eigenvalue weighted by Gasteiger charge is -2.42. The number of anilines is 1. The SMILES string of the molecule is Cn1cc(-n2ncc3cc(N4C(=O)CC(C5(C(N)=O)CC5)C4(C)c4ccccc4)ccc32)ccc1=O. The Labute approximate surface area is 207 Å². The molecule has 2 unspecified atom stereocenters. The fraction of sp³-hybridized carbons (Fsp3) is 0.286. The first kappa shape index (κ1) is 22.3. The Kier molecular flexibility index (Phi) is 4.73. The summed E-state index contributed by atoms with van der Waals surface area (Å²) in [5.41, 5.74) is 7.77. The summed E-state index contributed by atoms with van der Waals surface area (Å²) in [7, 11) is 1.70. The van der Waals surface area contributed by atoms with Gasteiger partial charge in [-0.05, 0) is 49.6 Å². The fourth-order valence-corrected chi connectivity index (χ4v) is 6.10. The van der Waals surface area contributed by atoms with Crippen LogP contribution >= 0.6 is 0 Å². The maximum absolute atomic E-state index is 13.6. The number of aryl methyl sites for hydroxylation is 1. The first-order valence-corrected chi connectivity index (χ1v) is 12.1. The molecule has 1 saturated carbocycles. The van der Waals surface area contributed by atoms with E-state index < -0.39 is 11.0 Å². The second kappa shape index (κ2) is 7.65. The van der Waals surface area contributed by atoms with Gasteiger partial charge >= 0.3 is 0 Å². The second-order valence-electron chi connectivity index (χ2n) is 10.2. The highest BCUT2D eigenvalue weighted by molar-refractivity contribution is 6.01. The number of carbonyl (C=O) groups excluding carboxylic acids is 2. The van der Waals surface area contributed by atoms with Gasteiger partial charge in [0.2, 0.25) is 17.4 Å². The summed E-state index contributed by atoms with van der Waals surface area (Å²) in [5.74, 6) is -0.566. The molecule has 0 bridgehead atoms. The Balaban J connectivity index is 1.48. The predicted octanol–water partition coefficient (Wildman–Crippen LogP) is 3.26. The molecule has 4 aromatic rings. The van der Waals surface area contributed by atoms with Crippen molar-refractivity contribution in [3.05, 3.63) is 89.0 Å². The van der Waals surface area contributed by atoms with E-state index >= 15 is 0 Å². The Morgan fingerprint density at radius 2 is 1.75 bits per heavy atom. The average molecular weight is 482 g/mol. The van der Waals surface area contributed by atoms with E-state index in [4.69, 9.17) is 5.73 Å². The molecule has 36 heavy (non-hydrogen) atoms. The van der Waals surface area contributed by atoms with Crippen LogP contribution in [0.3, 0.4) is 0 Å². The Morgan fingerprint density at radius 1 is 1.03 bits per heavy atom. The van der Waals surface area contributed by atoms with E-state index in [0.717, 1.165) is 27.8 Å². The predicted molar refractivity (Wildman–Crippen MR) is 137 cm³/mol. The van der Waals surface area contributed by atoms with Crippen molar-refractivity contribution in [1.29, 1.82) is 0 Å². The number of pyridine rings is 1. The lowest BCUT2D eigenvalue weighted by Crippen LogP contribution is -2.49. The zero-order valence-corrected chi connectivity index (χ0v) is 20.2. The summed E-state index contributed by atoms with van der Waals surface area (Å²) in [5, 5.41) is 5.41. The third kappa shape index (κ3) is 3.07. The number of hydrogen-bond donors (Lipinski definition) is 1. The molecule has 2 atom stereocenters. The molecule has 2 aromatic carbocycles. The molecule has 2 amide bonds. The summed E-state index contributed by atoms with van der Waals surface area (Å²) in [4.78, 5) is 39.8. The van der Waals surface area contributed by atoms with Crippen LogP contribution in [0.25, 0.3) is 16.6 Å². The highest BCUT2D eigenvalue weighted by Gasteiger charge is 2.66. The van der Waals surface area contributed by atoms with E-state index in [1.165, 1.54) is 10.6 Å². The highest BCUT2D eigenvalue weighted by atomic mass is 16.2. The van der Waals surface area contributed by atoms with E-state index in [-0.39, 0.29) is 29.7 Å². The van der Waals surface area contributed by atoms with Crippen molar-refractivity contribution in [3.8, 4) is 5.69 Å². The molecule has 3 heterocycles. The van der Waals surface area contributed by atoms with Crippen LogP contribution in [-0.4, -0.2) is 26.2 Å². The van der Waals surface area contributed by atoms with Crippen LogP contribution in [0.2, 0.25) is 0 Å². The van der Waals surface area contributed by atoms with Crippen molar-refractivity contribution in [2.24, 2.45) is 24.1 Å². The highest BCUT2D eigenvalue weighted by Crippen LogP contribution is 2.63. The van der Waals surface area contributed by atoms with Gasteiger partial charge in [-0.3, -0.25) is 14.4 Å².